The lowest BCUT2D eigenvalue weighted by molar-refractivity contribution is -0.144. The van der Waals surface area contributed by atoms with Crippen LogP contribution in [-0.2, 0) is 32.0 Å². The average molecular weight is 706 g/mol. The van der Waals surface area contributed by atoms with Gasteiger partial charge in [-0.05, 0) is 43.7 Å². The van der Waals surface area contributed by atoms with Crippen LogP contribution in [0.25, 0.3) is 10.9 Å². The number of benzene rings is 1. The molecule has 4 amide bonds. The zero-order chi connectivity index (χ0) is 36.4. The molecule has 1 saturated carbocycles. The average Bonchev–Trinajstić information content (AvgIpc) is 3.71. The van der Waals surface area contributed by atoms with Gasteiger partial charge < -0.3 is 46.8 Å². The summed E-state index contributed by atoms with van der Waals surface area (Å²) in [5, 5.41) is 7.32. The molecule has 2 aromatic heterocycles. The first-order chi connectivity index (χ1) is 24.7. The number of imidazole rings is 1. The zero-order valence-corrected chi connectivity index (χ0v) is 29.9. The molecule has 15 heteroatoms. The third-order valence-corrected chi connectivity index (χ3v) is 9.24. The molecule has 0 aliphatic heterocycles. The molecule has 2 heterocycles. The number of aromatic nitrogens is 3. The Hall–Kier alpha value is -4.92. The SMILES string of the molecule is CN(CC(=O)NC1CCCCCC1)C(=O)CN(CCCCN=C(N)N)C(=O)CN(CCc1c[nH]c2ccccc12)C(=O)CNCCc1cnc[nH]1. The lowest BCUT2D eigenvalue weighted by Crippen LogP contribution is -2.50. The van der Waals surface area contributed by atoms with E-state index in [1.165, 1.54) is 22.6 Å². The van der Waals surface area contributed by atoms with Gasteiger partial charge in [-0.15, -0.1) is 0 Å². The number of carbonyl (C=O) groups is 4. The highest BCUT2D eigenvalue weighted by molar-refractivity contribution is 5.90. The summed E-state index contributed by atoms with van der Waals surface area (Å²) < 4.78 is 0. The molecule has 3 aromatic rings. The van der Waals surface area contributed by atoms with E-state index >= 15 is 0 Å². The van der Waals surface area contributed by atoms with E-state index in [4.69, 9.17) is 11.5 Å². The molecule has 0 bridgehead atoms. The Morgan fingerprint density at radius 1 is 0.902 bits per heavy atom. The summed E-state index contributed by atoms with van der Waals surface area (Å²) in [6.45, 7) is 1.04. The van der Waals surface area contributed by atoms with Gasteiger partial charge in [0, 0.05) is 74.7 Å². The van der Waals surface area contributed by atoms with E-state index in [2.05, 4.69) is 30.6 Å². The molecule has 0 unspecified atom stereocenters. The van der Waals surface area contributed by atoms with E-state index in [0.717, 1.165) is 47.8 Å². The topological polar surface area (TPSA) is 211 Å². The van der Waals surface area contributed by atoms with Gasteiger partial charge in [0.1, 0.15) is 0 Å². The summed E-state index contributed by atoms with van der Waals surface area (Å²) in [5.74, 6) is -1.16. The number of carbonyl (C=O) groups excluding carboxylic acids is 4. The number of nitrogens with zero attached hydrogens (tertiary/aromatic N) is 5. The van der Waals surface area contributed by atoms with Crippen molar-refractivity contribution in [2.24, 2.45) is 16.5 Å². The lowest BCUT2D eigenvalue weighted by atomic mass is 10.1. The van der Waals surface area contributed by atoms with Gasteiger partial charge in [-0.3, -0.25) is 24.2 Å². The van der Waals surface area contributed by atoms with Crippen molar-refractivity contribution in [3.8, 4) is 0 Å². The van der Waals surface area contributed by atoms with Crippen molar-refractivity contribution in [1.29, 1.82) is 0 Å². The molecule has 0 atom stereocenters. The third kappa shape index (κ3) is 13.4. The van der Waals surface area contributed by atoms with Crippen LogP contribution in [0.15, 0.2) is 48.0 Å². The number of likely N-dealkylation sites (N-methyl/N-ethyl adjacent to an activating group) is 1. The van der Waals surface area contributed by atoms with E-state index in [-0.39, 0.29) is 68.4 Å². The molecule has 1 aliphatic carbocycles. The van der Waals surface area contributed by atoms with Gasteiger partial charge >= 0.3 is 0 Å². The van der Waals surface area contributed by atoms with E-state index in [1.807, 2.05) is 30.5 Å². The van der Waals surface area contributed by atoms with Gasteiger partial charge in [0.15, 0.2) is 5.96 Å². The smallest absolute Gasteiger partial charge is 0.242 e. The molecule has 1 fully saturated rings. The van der Waals surface area contributed by atoms with Crippen LogP contribution in [0.5, 0.6) is 0 Å². The van der Waals surface area contributed by atoms with Gasteiger partial charge in [-0.25, -0.2) is 4.98 Å². The number of amides is 4. The van der Waals surface area contributed by atoms with E-state index < -0.39 is 0 Å². The van der Waals surface area contributed by atoms with Crippen LogP contribution in [0.4, 0.5) is 0 Å². The molecule has 278 valence electrons. The highest BCUT2D eigenvalue weighted by Gasteiger charge is 2.25. The number of rotatable bonds is 20. The molecule has 0 saturated heterocycles. The van der Waals surface area contributed by atoms with Crippen molar-refractivity contribution in [1.82, 2.24) is 40.3 Å². The Bertz CT molecular complexity index is 1560. The van der Waals surface area contributed by atoms with Crippen molar-refractivity contribution in [3.05, 3.63) is 54.2 Å². The first-order valence-electron chi connectivity index (χ1n) is 18.1. The minimum absolute atomic E-state index is 0.00982. The van der Waals surface area contributed by atoms with Crippen molar-refractivity contribution in [3.63, 3.8) is 0 Å². The summed E-state index contributed by atoms with van der Waals surface area (Å²) in [6.07, 6.45) is 14.0. The Balaban J connectivity index is 1.40. The number of fused-ring (bicyclic) bond motifs is 1. The van der Waals surface area contributed by atoms with Gasteiger partial charge in [0.05, 0.1) is 32.5 Å². The minimum atomic E-state index is -0.360. The first kappa shape index (κ1) is 38.9. The molecule has 0 radical (unpaired) electrons. The Kier molecular flexibility index (Phi) is 15.8. The maximum absolute atomic E-state index is 13.9. The van der Waals surface area contributed by atoms with Crippen LogP contribution in [-0.4, -0.2) is 125 Å². The maximum Gasteiger partial charge on any atom is 0.242 e. The van der Waals surface area contributed by atoms with Crippen LogP contribution in [0, 0.1) is 0 Å². The maximum atomic E-state index is 13.9. The Morgan fingerprint density at radius 2 is 1.65 bits per heavy atom. The fourth-order valence-corrected chi connectivity index (χ4v) is 6.30. The predicted octanol–water partition coefficient (Wildman–Crippen LogP) is 1.27. The highest BCUT2D eigenvalue weighted by Crippen LogP contribution is 2.19. The predicted molar refractivity (Wildman–Crippen MR) is 198 cm³/mol. The molecule has 15 nitrogen and oxygen atoms in total. The van der Waals surface area contributed by atoms with Gasteiger partial charge in [0.2, 0.25) is 23.6 Å². The summed E-state index contributed by atoms with van der Waals surface area (Å²) in [6, 6.07) is 8.07. The number of aromatic amines is 2. The number of H-pyrrole nitrogens is 2. The molecule has 4 rings (SSSR count). The minimum Gasteiger partial charge on any atom is -0.370 e. The highest BCUT2D eigenvalue weighted by atomic mass is 16.2. The second-order valence-electron chi connectivity index (χ2n) is 13.3. The number of nitrogens with one attached hydrogen (secondary N) is 4. The summed E-state index contributed by atoms with van der Waals surface area (Å²) in [4.78, 5) is 72.5. The zero-order valence-electron chi connectivity index (χ0n) is 29.9. The second-order valence-corrected chi connectivity index (χ2v) is 13.3. The summed E-state index contributed by atoms with van der Waals surface area (Å²) in [5.41, 5.74) is 13.9. The molecular weight excluding hydrogens is 650 g/mol. The largest absolute Gasteiger partial charge is 0.370 e. The normalized spacial score (nSPS) is 13.4. The van der Waals surface area contributed by atoms with E-state index in [0.29, 0.717) is 45.3 Å². The van der Waals surface area contributed by atoms with Crippen molar-refractivity contribution in [2.75, 3.05) is 59.4 Å². The molecule has 8 N–H and O–H groups in total. The quantitative estimate of drug-likeness (QED) is 0.0435. The Labute approximate surface area is 300 Å². The van der Waals surface area contributed by atoms with Gasteiger partial charge in [-0.2, -0.15) is 0 Å². The molecule has 1 aromatic carbocycles. The number of aliphatic imine (C=N–C) groups is 1. The van der Waals surface area contributed by atoms with Crippen molar-refractivity contribution >= 4 is 40.5 Å². The van der Waals surface area contributed by atoms with Crippen LogP contribution >= 0.6 is 0 Å². The van der Waals surface area contributed by atoms with Crippen molar-refractivity contribution < 1.29 is 19.2 Å². The monoisotopic (exact) mass is 705 g/mol. The first-order valence-corrected chi connectivity index (χ1v) is 18.1. The molecular formula is C36H55N11O4. The fourth-order valence-electron chi connectivity index (χ4n) is 6.30. The van der Waals surface area contributed by atoms with Crippen LogP contribution in [0.2, 0.25) is 0 Å². The molecule has 51 heavy (non-hydrogen) atoms. The van der Waals surface area contributed by atoms with E-state index in [9.17, 15) is 19.2 Å². The standard InChI is InChI=1S/C36H55N11O4/c1-45(23-32(48)44-28-10-4-2-3-5-11-28)34(50)24-46(18-9-8-16-41-36(37)38)35(51)25-47(33(49)22-39-17-14-29-21-40-26-43-29)19-15-27-20-42-31-13-7-6-12-30(27)31/h6-7,12-13,20-21,26,28,39,42H,2-5,8-11,14-19,22-25H2,1H3,(H,40,43)(H,44,48)(H4,37,38,41). The van der Waals surface area contributed by atoms with Crippen LogP contribution < -0.4 is 22.1 Å². The Morgan fingerprint density at radius 3 is 2.39 bits per heavy atom. The number of nitrogens with two attached hydrogens (primary N) is 2. The summed E-state index contributed by atoms with van der Waals surface area (Å²) >= 11 is 0. The molecule has 0 spiro atoms. The summed E-state index contributed by atoms with van der Waals surface area (Å²) in [7, 11) is 1.57. The van der Waals surface area contributed by atoms with Crippen molar-refractivity contribution in [2.45, 2.75) is 70.3 Å². The fraction of sp³-hybridized carbons (Fsp3) is 0.556. The van der Waals surface area contributed by atoms with Gasteiger partial charge in [-0.1, -0.05) is 43.9 Å². The number of guanidine groups is 1. The van der Waals surface area contributed by atoms with E-state index in [1.54, 1.807) is 24.5 Å². The van der Waals surface area contributed by atoms with Gasteiger partial charge in [0.25, 0.3) is 0 Å². The number of unbranched alkanes of at least 4 members (excludes halogenated alkanes) is 1. The lowest BCUT2D eigenvalue weighted by Gasteiger charge is -2.29. The second kappa shape index (κ2) is 20.7. The number of hydrogen-bond acceptors (Lipinski definition) is 7. The molecule has 1 aliphatic rings. The van der Waals surface area contributed by atoms with Crippen LogP contribution in [0.3, 0.4) is 0 Å². The van der Waals surface area contributed by atoms with Crippen LogP contribution in [0.1, 0.15) is 62.6 Å². The number of hydrogen-bond donors (Lipinski definition) is 6. The number of para-hydroxylation sites is 1. The third-order valence-electron chi connectivity index (χ3n) is 9.24.